The maximum atomic E-state index is 11.9. The average Bonchev–Trinajstić information content (AvgIpc) is 2.07. The van der Waals surface area contributed by atoms with Gasteiger partial charge in [0.05, 0.1) is 8.49 Å². The zero-order valence-electron chi connectivity index (χ0n) is 6.62. The predicted octanol–water partition coefficient (Wildman–Crippen LogP) is 2.80. The van der Waals surface area contributed by atoms with Crippen molar-refractivity contribution >= 4 is 28.3 Å². The third-order valence-corrected chi connectivity index (χ3v) is 2.20. The van der Waals surface area contributed by atoms with E-state index in [9.17, 15) is 18.9 Å². The molecular formula is C7H4F2INO3. The summed E-state index contributed by atoms with van der Waals surface area (Å²) in [6.45, 7) is -3.07. The highest BCUT2D eigenvalue weighted by Crippen LogP contribution is 2.32. The number of nitro benzene ring substituents is 1. The van der Waals surface area contributed by atoms with Crippen molar-refractivity contribution in [3.8, 4) is 5.75 Å². The molecule has 0 heterocycles. The van der Waals surface area contributed by atoms with Crippen molar-refractivity contribution in [2.45, 2.75) is 6.61 Å². The Kier molecular flexibility index (Phi) is 3.55. The highest BCUT2D eigenvalue weighted by molar-refractivity contribution is 14.1. The number of nitrogens with zero attached hydrogens (tertiary/aromatic N) is 1. The van der Waals surface area contributed by atoms with E-state index in [1.807, 2.05) is 0 Å². The lowest BCUT2D eigenvalue weighted by Gasteiger charge is -2.06. The van der Waals surface area contributed by atoms with Gasteiger partial charge in [-0.1, -0.05) is 6.07 Å². The van der Waals surface area contributed by atoms with Crippen LogP contribution >= 0.6 is 22.6 Å². The molecule has 0 saturated carbocycles. The molecule has 76 valence electrons. The number of alkyl halides is 2. The third kappa shape index (κ3) is 2.50. The lowest BCUT2D eigenvalue weighted by Crippen LogP contribution is -2.05. The van der Waals surface area contributed by atoms with Gasteiger partial charge in [-0.3, -0.25) is 10.1 Å². The van der Waals surface area contributed by atoms with Crippen LogP contribution in [0.2, 0.25) is 0 Å². The molecule has 0 fully saturated rings. The van der Waals surface area contributed by atoms with Gasteiger partial charge >= 0.3 is 12.3 Å². The molecule has 0 saturated heterocycles. The molecular weight excluding hydrogens is 311 g/mol. The number of benzene rings is 1. The summed E-state index contributed by atoms with van der Waals surface area (Å²) in [7, 11) is 0. The second-order valence-corrected chi connectivity index (χ2v) is 3.39. The van der Waals surface area contributed by atoms with Crippen LogP contribution in [0, 0.1) is 13.7 Å². The first kappa shape index (κ1) is 11.1. The molecule has 0 bridgehead atoms. The van der Waals surface area contributed by atoms with Crippen molar-refractivity contribution in [3.05, 3.63) is 31.9 Å². The molecule has 0 unspecified atom stereocenters. The lowest BCUT2D eigenvalue weighted by atomic mass is 10.3. The summed E-state index contributed by atoms with van der Waals surface area (Å²) < 4.78 is 28.1. The maximum Gasteiger partial charge on any atom is 0.387 e. The summed E-state index contributed by atoms with van der Waals surface area (Å²) in [6.07, 6.45) is 0. The van der Waals surface area contributed by atoms with Crippen LogP contribution in [0.15, 0.2) is 18.2 Å². The molecule has 0 amide bonds. The van der Waals surface area contributed by atoms with Crippen molar-refractivity contribution in [1.82, 2.24) is 0 Å². The SMILES string of the molecule is O=[N+]([O-])c1cccc(I)c1OC(F)F. The van der Waals surface area contributed by atoms with Gasteiger partial charge in [0, 0.05) is 6.07 Å². The number of nitro groups is 1. The zero-order chi connectivity index (χ0) is 10.7. The van der Waals surface area contributed by atoms with E-state index in [-0.39, 0.29) is 3.57 Å². The molecule has 0 atom stereocenters. The summed E-state index contributed by atoms with van der Waals surface area (Å²) in [5.41, 5.74) is -0.461. The van der Waals surface area contributed by atoms with Crippen molar-refractivity contribution < 1.29 is 18.4 Å². The van der Waals surface area contributed by atoms with Crippen LogP contribution in [0.3, 0.4) is 0 Å². The Labute approximate surface area is 91.2 Å². The molecule has 0 aliphatic heterocycles. The fourth-order valence-electron chi connectivity index (χ4n) is 0.847. The van der Waals surface area contributed by atoms with Gasteiger partial charge in [-0.2, -0.15) is 8.78 Å². The van der Waals surface area contributed by atoms with E-state index in [1.54, 1.807) is 22.6 Å². The van der Waals surface area contributed by atoms with Crippen LogP contribution in [0.5, 0.6) is 5.75 Å². The van der Waals surface area contributed by atoms with Gasteiger partial charge in [0.25, 0.3) is 0 Å². The highest BCUT2D eigenvalue weighted by atomic mass is 127. The van der Waals surface area contributed by atoms with E-state index in [1.165, 1.54) is 12.1 Å². The first-order chi connectivity index (χ1) is 6.52. The summed E-state index contributed by atoms with van der Waals surface area (Å²) >= 11 is 1.69. The zero-order valence-corrected chi connectivity index (χ0v) is 8.77. The fourth-order valence-corrected chi connectivity index (χ4v) is 1.46. The van der Waals surface area contributed by atoms with E-state index in [2.05, 4.69) is 4.74 Å². The van der Waals surface area contributed by atoms with Crippen LogP contribution in [-0.4, -0.2) is 11.5 Å². The van der Waals surface area contributed by atoms with Gasteiger partial charge in [0.15, 0.2) is 0 Å². The van der Waals surface area contributed by atoms with Gasteiger partial charge in [-0.15, -0.1) is 0 Å². The molecule has 0 aromatic heterocycles. The average molecular weight is 315 g/mol. The van der Waals surface area contributed by atoms with Gasteiger partial charge in [0.1, 0.15) is 0 Å². The normalized spacial score (nSPS) is 10.3. The van der Waals surface area contributed by atoms with E-state index < -0.39 is 23.0 Å². The second-order valence-electron chi connectivity index (χ2n) is 2.22. The Hall–Kier alpha value is -0.990. The molecule has 14 heavy (non-hydrogen) atoms. The number of halogens is 3. The first-order valence-electron chi connectivity index (χ1n) is 3.40. The Bertz CT molecular complexity index is 359. The number of hydrogen-bond donors (Lipinski definition) is 0. The van der Waals surface area contributed by atoms with Crippen LogP contribution < -0.4 is 4.74 Å². The molecule has 1 aromatic carbocycles. The summed E-state index contributed by atoms with van der Waals surface area (Å²) in [5, 5.41) is 10.4. The first-order valence-corrected chi connectivity index (χ1v) is 4.48. The van der Waals surface area contributed by atoms with Crippen molar-refractivity contribution in [3.63, 3.8) is 0 Å². The molecule has 0 spiro atoms. The van der Waals surface area contributed by atoms with Crippen LogP contribution in [0.1, 0.15) is 0 Å². The fraction of sp³-hybridized carbons (Fsp3) is 0.143. The summed E-state index contributed by atoms with van der Waals surface area (Å²) in [4.78, 5) is 9.67. The third-order valence-electron chi connectivity index (χ3n) is 1.35. The van der Waals surface area contributed by atoms with Gasteiger partial charge in [0.2, 0.25) is 5.75 Å². The number of ether oxygens (including phenoxy) is 1. The Morgan fingerprint density at radius 2 is 2.14 bits per heavy atom. The highest BCUT2D eigenvalue weighted by Gasteiger charge is 2.20. The largest absolute Gasteiger partial charge is 0.426 e. The van der Waals surface area contributed by atoms with E-state index >= 15 is 0 Å². The van der Waals surface area contributed by atoms with E-state index in [0.717, 1.165) is 6.07 Å². The second kappa shape index (κ2) is 4.49. The van der Waals surface area contributed by atoms with Crippen LogP contribution in [0.25, 0.3) is 0 Å². The van der Waals surface area contributed by atoms with Gasteiger partial charge < -0.3 is 4.74 Å². The van der Waals surface area contributed by atoms with Crippen molar-refractivity contribution in [2.24, 2.45) is 0 Å². The standard InChI is InChI=1S/C7H4F2INO3/c8-7(9)14-6-4(10)2-1-3-5(6)11(12)13/h1-3,7H. The minimum atomic E-state index is -3.07. The Balaban J connectivity index is 3.15. The Morgan fingerprint density at radius 3 is 2.64 bits per heavy atom. The van der Waals surface area contributed by atoms with Gasteiger partial charge in [-0.05, 0) is 28.7 Å². The molecule has 1 aromatic rings. The number of rotatable bonds is 3. The molecule has 7 heteroatoms. The van der Waals surface area contributed by atoms with Crippen molar-refractivity contribution in [2.75, 3.05) is 0 Å². The van der Waals surface area contributed by atoms with E-state index in [0.29, 0.717) is 0 Å². The van der Waals surface area contributed by atoms with Crippen molar-refractivity contribution in [1.29, 1.82) is 0 Å². The minimum Gasteiger partial charge on any atom is -0.426 e. The van der Waals surface area contributed by atoms with E-state index in [4.69, 9.17) is 0 Å². The smallest absolute Gasteiger partial charge is 0.387 e. The van der Waals surface area contributed by atoms with Crippen LogP contribution in [-0.2, 0) is 0 Å². The van der Waals surface area contributed by atoms with Crippen LogP contribution in [0.4, 0.5) is 14.5 Å². The molecule has 4 nitrogen and oxygen atoms in total. The molecule has 0 aliphatic carbocycles. The molecule has 0 radical (unpaired) electrons. The number of hydrogen-bond acceptors (Lipinski definition) is 3. The lowest BCUT2D eigenvalue weighted by molar-refractivity contribution is -0.386. The molecule has 0 N–H and O–H groups in total. The summed E-state index contributed by atoms with van der Waals surface area (Å²) in [5.74, 6) is -0.395. The topological polar surface area (TPSA) is 52.4 Å². The van der Waals surface area contributed by atoms with Gasteiger partial charge in [-0.25, -0.2) is 0 Å². The predicted molar refractivity (Wildman–Crippen MR) is 52.4 cm³/mol. The summed E-state index contributed by atoms with van der Waals surface area (Å²) in [6, 6.07) is 3.96. The number of para-hydroxylation sites is 1. The molecule has 1 rings (SSSR count). The quantitative estimate of drug-likeness (QED) is 0.490. The molecule has 0 aliphatic rings. The minimum absolute atomic E-state index is 0.275. The monoisotopic (exact) mass is 315 g/mol. The maximum absolute atomic E-state index is 11.9. The Morgan fingerprint density at radius 1 is 1.50 bits per heavy atom.